The number of hydrogen-bond donors (Lipinski definition) is 0. The Bertz CT molecular complexity index is 1010. The van der Waals surface area contributed by atoms with Gasteiger partial charge in [0.05, 0.1) is 5.75 Å². The number of thioether (sulfide) groups is 1. The first-order valence-electron chi connectivity index (χ1n) is 8.84. The molecule has 0 radical (unpaired) electrons. The van der Waals surface area contributed by atoms with E-state index in [1.165, 1.54) is 27.8 Å². The number of carbonyl (C=O) groups excluding carboxylic acids is 1. The minimum Gasteiger partial charge on any atom is -0.337 e. The third-order valence-corrected chi connectivity index (χ3v) is 6.89. The van der Waals surface area contributed by atoms with Crippen molar-refractivity contribution < 1.29 is 4.79 Å². The summed E-state index contributed by atoms with van der Waals surface area (Å²) in [6.07, 6.45) is 8.30. The van der Waals surface area contributed by atoms with E-state index in [-0.39, 0.29) is 5.91 Å². The highest BCUT2D eigenvalue weighted by Crippen LogP contribution is 2.34. The molecule has 138 valence electrons. The van der Waals surface area contributed by atoms with Crippen LogP contribution in [-0.2, 0) is 4.79 Å². The second-order valence-corrected chi connectivity index (χ2v) is 8.67. The zero-order valence-electron chi connectivity index (χ0n) is 15.3. The second-order valence-electron chi connectivity index (χ2n) is 6.51. The minimum absolute atomic E-state index is 0.144. The van der Waals surface area contributed by atoms with Gasteiger partial charge in [0, 0.05) is 35.7 Å². The number of rotatable bonds is 4. The van der Waals surface area contributed by atoms with E-state index < -0.39 is 0 Å². The maximum Gasteiger partial charge on any atom is 0.233 e. The van der Waals surface area contributed by atoms with E-state index in [0.717, 1.165) is 33.8 Å². The van der Waals surface area contributed by atoms with Crippen LogP contribution in [-0.4, -0.2) is 44.6 Å². The Morgan fingerprint density at radius 2 is 2.22 bits per heavy atom. The molecule has 5 nitrogen and oxygen atoms in total. The molecule has 0 saturated carbocycles. The SMILES string of the molecule is Cc1sc2ncnc(SCC(=O)N3CCC=C(c4cccnc4)C3)c2c1C. The first kappa shape index (κ1) is 18.1. The van der Waals surface area contributed by atoms with Gasteiger partial charge in [-0.3, -0.25) is 9.78 Å². The van der Waals surface area contributed by atoms with Crippen molar-refractivity contribution >= 4 is 44.8 Å². The highest BCUT2D eigenvalue weighted by Gasteiger charge is 2.20. The molecular formula is C20H20N4OS2. The largest absolute Gasteiger partial charge is 0.337 e. The van der Waals surface area contributed by atoms with Crippen molar-refractivity contribution in [2.24, 2.45) is 0 Å². The molecule has 1 amide bonds. The van der Waals surface area contributed by atoms with Crippen molar-refractivity contribution in [2.75, 3.05) is 18.8 Å². The number of aryl methyl sites for hydroxylation is 2. The minimum atomic E-state index is 0.144. The van der Waals surface area contributed by atoms with Crippen LogP contribution in [0.25, 0.3) is 15.8 Å². The maximum absolute atomic E-state index is 12.8. The lowest BCUT2D eigenvalue weighted by Gasteiger charge is -2.27. The third kappa shape index (κ3) is 3.75. The lowest BCUT2D eigenvalue weighted by atomic mass is 10.0. The maximum atomic E-state index is 12.8. The van der Waals surface area contributed by atoms with Gasteiger partial charge in [-0.15, -0.1) is 11.3 Å². The summed E-state index contributed by atoms with van der Waals surface area (Å²) in [4.78, 5) is 30.0. The summed E-state index contributed by atoms with van der Waals surface area (Å²) in [6.45, 7) is 5.60. The number of nitrogens with zero attached hydrogens (tertiary/aromatic N) is 4. The molecule has 4 heterocycles. The monoisotopic (exact) mass is 396 g/mol. The first-order valence-corrected chi connectivity index (χ1v) is 10.6. The Kier molecular flexibility index (Phi) is 5.22. The fourth-order valence-electron chi connectivity index (χ4n) is 3.20. The number of thiophene rings is 1. The average Bonchev–Trinajstić information content (AvgIpc) is 3.01. The van der Waals surface area contributed by atoms with Crippen LogP contribution in [0.2, 0.25) is 0 Å². The zero-order chi connectivity index (χ0) is 18.8. The van der Waals surface area contributed by atoms with Crippen molar-refractivity contribution in [3.8, 4) is 0 Å². The molecule has 3 aromatic rings. The molecule has 1 aliphatic rings. The van der Waals surface area contributed by atoms with E-state index >= 15 is 0 Å². The van der Waals surface area contributed by atoms with E-state index in [9.17, 15) is 4.79 Å². The first-order chi connectivity index (χ1) is 13.1. The Labute approximate surface area is 166 Å². The van der Waals surface area contributed by atoms with Crippen LogP contribution >= 0.6 is 23.1 Å². The normalized spacial score (nSPS) is 14.4. The molecule has 1 aliphatic heterocycles. The zero-order valence-corrected chi connectivity index (χ0v) is 16.9. The van der Waals surface area contributed by atoms with Crippen molar-refractivity contribution in [3.05, 3.63) is 52.9 Å². The number of carbonyl (C=O) groups is 1. The fraction of sp³-hybridized carbons (Fsp3) is 0.300. The molecule has 7 heteroatoms. The van der Waals surface area contributed by atoms with E-state index in [4.69, 9.17) is 0 Å². The molecule has 0 atom stereocenters. The predicted octanol–water partition coefficient (Wildman–Crippen LogP) is 4.11. The van der Waals surface area contributed by atoms with Crippen molar-refractivity contribution in [3.63, 3.8) is 0 Å². The van der Waals surface area contributed by atoms with Gasteiger partial charge >= 0.3 is 0 Å². The summed E-state index contributed by atoms with van der Waals surface area (Å²) in [5.74, 6) is 0.534. The van der Waals surface area contributed by atoms with E-state index in [0.29, 0.717) is 12.3 Å². The van der Waals surface area contributed by atoms with Crippen LogP contribution < -0.4 is 0 Å². The molecule has 0 spiro atoms. The Morgan fingerprint density at radius 3 is 3.04 bits per heavy atom. The summed E-state index contributed by atoms with van der Waals surface area (Å²) >= 11 is 3.19. The van der Waals surface area contributed by atoms with Crippen molar-refractivity contribution in [1.29, 1.82) is 0 Å². The van der Waals surface area contributed by atoms with Crippen molar-refractivity contribution in [1.82, 2.24) is 19.9 Å². The Hall–Kier alpha value is -2.25. The molecular weight excluding hydrogens is 376 g/mol. The Morgan fingerprint density at radius 1 is 1.33 bits per heavy atom. The molecule has 0 fully saturated rings. The van der Waals surface area contributed by atoms with Crippen LogP contribution in [0.15, 0.2) is 42.0 Å². The van der Waals surface area contributed by atoms with Crippen LogP contribution in [0.1, 0.15) is 22.4 Å². The molecule has 27 heavy (non-hydrogen) atoms. The quantitative estimate of drug-likeness (QED) is 0.491. The van der Waals surface area contributed by atoms with Gasteiger partial charge in [0.25, 0.3) is 0 Å². The molecule has 0 aromatic carbocycles. The van der Waals surface area contributed by atoms with Gasteiger partial charge in [0.2, 0.25) is 5.91 Å². The molecule has 4 rings (SSSR count). The summed E-state index contributed by atoms with van der Waals surface area (Å²) in [7, 11) is 0. The van der Waals surface area contributed by atoms with Crippen molar-refractivity contribution in [2.45, 2.75) is 25.3 Å². The van der Waals surface area contributed by atoms with Gasteiger partial charge in [-0.05, 0) is 43.0 Å². The standard InChI is InChI=1S/C20H20N4OS2/c1-13-14(2)27-20-18(13)19(22-12-23-20)26-11-17(25)24-8-4-6-16(10-24)15-5-3-7-21-9-15/h3,5-7,9,12H,4,8,10-11H2,1-2H3. The average molecular weight is 397 g/mol. The third-order valence-electron chi connectivity index (χ3n) is 4.80. The topological polar surface area (TPSA) is 59.0 Å². The van der Waals surface area contributed by atoms with Gasteiger partial charge in [0.15, 0.2) is 0 Å². The Balaban J connectivity index is 1.45. The molecule has 3 aromatic heterocycles. The summed E-state index contributed by atoms with van der Waals surface area (Å²) in [6, 6.07) is 3.97. The lowest BCUT2D eigenvalue weighted by molar-refractivity contribution is -0.127. The highest BCUT2D eigenvalue weighted by atomic mass is 32.2. The number of amides is 1. The van der Waals surface area contributed by atoms with Gasteiger partial charge < -0.3 is 4.90 Å². The summed E-state index contributed by atoms with van der Waals surface area (Å²) in [5.41, 5.74) is 3.47. The van der Waals surface area contributed by atoms with Crippen LogP contribution in [0, 0.1) is 13.8 Å². The number of fused-ring (bicyclic) bond motifs is 1. The van der Waals surface area contributed by atoms with Crippen LogP contribution in [0.5, 0.6) is 0 Å². The van der Waals surface area contributed by atoms with Gasteiger partial charge in [-0.2, -0.15) is 0 Å². The van der Waals surface area contributed by atoms with Crippen LogP contribution in [0.4, 0.5) is 0 Å². The predicted molar refractivity (Wildman–Crippen MR) is 111 cm³/mol. The molecule has 0 N–H and O–H groups in total. The molecule has 0 aliphatic carbocycles. The number of pyridine rings is 1. The van der Waals surface area contributed by atoms with E-state index in [1.54, 1.807) is 23.9 Å². The molecule has 0 unspecified atom stereocenters. The molecule has 0 bridgehead atoms. The van der Waals surface area contributed by atoms with E-state index in [2.05, 4.69) is 34.9 Å². The number of hydrogen-bond acceptors (Lipinski definition) is 6. The second kappa shape index (κ2) is 7.78. The fourth-order valence-corrected chi connectivity index (χ4v) is 5.22. The molecule has 0 saturated heterocycles. The highest BCUT2D eigenvalue weighted by molar-refractivity contribution is 8.00. The lowest BCUT2D eigenvalue weighted by Crippen LogP contribution is -2.36. The van der Waals surface area contributed by atoms with Gasteiger partial charge in [-0.1, -0.05) is 23.9 Å². The van der Waals surface area contributed by atoms with E-state index in [1.807, 2.05) is 23.2 Å². The van der Waals surface area contributed by atoms with Gasteiger partial charge in [-0.25, -0.2) is 9.97 Å². The summed E-state index contributed by atoms with van der Waals surface area (Å²) < 4.78 is 0. The number of aromatic nitrogens is 3. The smallest absolute Gasteiger partial charge is 0.233 e. The summed E-state index contributed by atoms with van der Waals surface area (Å²) in [5, 5.41) is 1.99. The van der Waals surface area contributed by atoms with Crippen LogP contribution in [0.3, 0.4) is 0 Å². The van der Waals surface area contributed by atoms with Gasteiger partial charge in [0.1, 0.15) is 16.2 Å².